The van der Waals surface area contributed by atoms with Crippen LogP contribution in [0.2, 0.25) is 0 Å². The van der Waals surface area contributed by atoms with Crippen LogP contribution in [0.15, 0.2) is 24.3 Å². The standard InChI is InChI=1S/C21H30N4O4/c1-23(2)17-6-4-15(5-7-17)19(26)24-12-13-25(18(14-24)21(28)29-3)20(27)16-8-10-22-11-9-16/h4-7,16,18,22H,8-14H2,1-3H3/t18-/m1/s1. The number of anilines is 1. The van der Waals surface area contributed by atoms with Gasteiger partial charge in [0.05, 0.1) is 13.7 Å². The van der Waals surface area contributed by atoms with E-state index in [0.717, 1.165) is 31.6 Å². The number of esters is 1. The summed E-state index contributed by atoms with van der Waals surface area (Å²) in [4.78, 5) is 43.6. The number of carbonyl (C=O) groups excluding carboxylic acids is 3. The Bertz CT molecular complexity index is 744. The van der Waals surface area contributed by atoms with Gasteiger partial charge in [0.2, 0.25) is 5.91 Å². The predicted octanol–water partition coefficient (Wildman–Crippen LogP) is 0.578. The van der Waals surface area contributed by atoms with Gasteiger partial charge in [-0.05, 0) is 50.2 Å². The molecule has 1 atom stereocenters. The van der Waals surface area contributed by atoms with Crippen molar-refractivity contribution in [2.75, 3.05) is 58.8 Å². The highest BCUT2D eigenvalue weighted by Crippen LogP contribution is 2.22. The fourth-order valence-corrected chi connectivity index (χ4v) is 3.96. The molecular formula is C21H30N4O4. The Hall–Kier alpha value is -2.61. The van der Waals surface area contributed by atoms with Gasteiger partial charge in [-0.25, -0.2) is 4.79 Å². The molecule has 2 amide bonds. The van der Waals surface area contributed by atoms with E-state index in [1.807, 2.05) is 31.1 Å². The second kappa shape index (κ2) is 9.26. The molecule has 0 unspecified atom stereocenters. The van der Waals surface area contributed by atoms with Crippen molar-refractivity contribution >= 4 is 23.5 Å². The van der Waals surface area contributed by atoms with Crippen LogP contribution in [0.5, 0.6) is 0 Å². The first kappa shape index (κ1) is 21.1. The normalized spacial score (nSPS) is 20.3. The molecule has 1 N–H and O–H groups in total. The third kappa shape index (κ3) is 4.70. The third-order valence-electron chi connectivity index (χ3n) is 5.74. The minimum absolute atomic E-state index is 0.00988. The van der Waals surface area contributed by atoms with Crippen molar-refractivity contribution in [3.05, 3.63) is 29.8 Å². The minimum Gasteiger partial charge on any atom is -0.467 e. The summed E-state index contributed by atoms with van der Waals surface area (Å²) < 4.78 is 4.94. The van der Waals surface area contributed by atoms with Crippen molar-refractivity contribution in [2.45, 2.75) is 18.9 Å². The topological polar surface area (TPSA) is 82.2 Å². The highest BCUT2D eigenvalue weighted by Gasteiger charge is 2.40. The Morgan fingerprint density at radius 1 is 1.07 bits per heavy atom. The number of nitrogens with one attached hydrogen (secondary N) is 1. The van der Waals surface area contributed by atoms with Gasteiger partial charge in [-0.3, -0.25) is 9.59 Å². The molecule has 3 rings (SSSR count). The Morgan fingerprint density at radius 3 is 2.31 bits per heavy atom. The number of piperidine rings is 1. The Morgan fingerprint density at radius 2 is 1.72 bits per heavy atom. The summed E-state index contributed by atoms with van der Waals surface area (Å²) in [5.74, 6) is -0.709. The van der Waals surface area contributed by atoms with Crippen LogP contribution in [0.1, 0.15) is 23.2 Å². The van der Waals surface area contributed by atoms with Gasteiger partial charge in [-0.1, -0.05) is 0 Å². The number of piperazine rings is 1. The molecule has 0 bridgehead atoms. The molecule has 2 saturated heterocycles. The van der Waals surface area contributed by atoms with Crippen molar-refractivity contribution in [2.24, 2.45) is 5.92 Å². The van der Waals surface area contributed by atoms with E-state index in [2.05, 4.69) is 5.32 Å². The molecule has 0 saturated carbocycles. The van der Waals surface area contributed by atoms with Crippen molar-refractivity contribution in [1.82, 2.24) is 15.1 Å². The van der Waals surface area contributed by atoms with Gasteiger partial charge in [0.25, 0.3) is 5.91 Å². The van der Waals surface area contributed by atoms with Crippen LogP contribution in [0, 0.1) is 5.92 Å². The molecule has 1 aromatic rings. The maximum Gasteiger partial charge on any atom is 0.330 e. The lowest BCUT2D eigenvalue weighted by Crippen LogP contribution is -2.61. The highest BCUT2D eigenvalue weighted by atomic mass is 16.5. The van der Waals surface area contributed by atoms with Gasteiger partial charge < -0.3 is 24.8 Å². The number of hydrogen-bond acceptors (Lipinski definition) is 6. The number of nitrogens with zero attached hydrogens (tertiary/aromatic N) is 3. The lowest BCUT2D eigenvalue weighted by molar-refractivity contribution is -0.157. The van der Waals surface area contributed by atoms with Crippen molar-refractivity contribution in [3.8, 4) is 0 Å². The van der Waals surface area contributed by atoms with E-state index in [-0.39, 0.29) is 24.3 Å². The van der Waals surface area contributed by atoms with Gasteiger partial charge in [0.1, 0.15) is 6.04 Å². The molecule has 158 valence electrons. The largest absolute Gasteiger partial charge is 0.467 e. The summed E-state index contributed by atoms with van der Waals surface area (Å²) in [6, 6.07) is 6.60. The first-order valence-corrected chi connectivity index (χ1v) is 10.1. The zero-order chi connectivity index (χ0) is 21.0. The summed E-state index contributed by atoms with van der Waals surface area (Å²) in [6.45, 7) is 2.50. The molecule has 2 aliphatic heterocycles. The fraction of sp³-hybridized carbons (Fsp3) is 0.571. The van der Waals surface area contributed by atoms with E-state index in [9.17, 15) is 14.4 Å². The number of carbonyl (C=O) groups is 3. The quantitative estimate of drug-likeness (QED) is 0.742. The SMILES string of the molecule is COC(=O)[C@H]1CN(C(=O)c2ccc(N(C)C)cc2)CCN1C(=O)C1CCNCC1. The molecule has 1 aromatic carbocycles. The minimum atomic E-state index is -0.763. The van der Waals surface area contributed by atoms with Crippen molar-refractivity contribution < 1.29 is 19.1 Å². The summed E-state index contributed by atoms with van der Waals surface area (Å²) in [7, 11) is 5.20. The second-order valence-electron chi connectivity index (χ2n) is 7.79. The molecular weight excluding hydrogens is 372 g/mol. The van der Waals surface area contributed by atoms with E-state index >= 15 is 0 Å². The molecule has 0 aliphatic carbocycles. The molecule has 2 heterocycles. The molecule has 8 heteroatoms. The Labute approximate surface area is 171 Å². The number of rotatable bonds is 4. The Kier molecular flexibility index (Phi) is 6.74. The lowest BCUT2D eigenvalue weighted by atomic mass is 9.95. The predicted molar refractivity (Wildman–Crippen MR) is 110 cm³/mol. The smallest absolute Gasteiger partial charge is 0.330 e. The van der Waals surface area contributed by atoms with Gasteiger partial charge >= 0.3 is 5.97 Å². The van der Waals surface area contributed by atoms with Crippen molar-refractivity contribution in [1.29, 1.82) is 0 Å². The van der Waals surface area contributed by atoms with E-state index in [0.29, 0.717) is 18.7 Å². The molecule has 0 radical (unpaired) electrons. The third-order valence-corrected chi connectivity index (χ3v) is 5.74. The average Bonchev–Trinajstić information content (AvgIpc) is 2.77. The van der Waals surface area contributed by atoms with E-state index in [1.54, 1.807) is 21.9 Å². The maximum absolute atomic E-state index is 13.0. The van der Waals surface area contributed by atoms with E-state index < -0.39 is 12.0 Å². The zero-order valence-electron chi connectivity index (χ0n) is 17.4. The van der Waals surface area contributed by atoms with E-state index in [4.69, 9.17) is 4.74 Å². The highest BCUT2D eigenvalue weighted by molar-refractivity contribution is 5.95. The van der Waals surface area contributed by atoms with Gasteiger partial charge in [-0.15, -0.1) is 0 Å². The van der Waals surface area contributed by atoms with E-state index in [1.165, 1.54) is 7.11 Å². The summed E-state index contributed by atoms with van der Waals surface area (Å²) in [5.41, 5.74) is 1.57. The number of hydrogen-bond donors (Lipinski definition) is 1. The van der Waals surface area contributed by atoms with Crippen LogP contribution in [0.4, 0.5) is 5.69 Å². The molecule has 0 spiro atoms. The van der Waals surface area contributed by atoms with Crippen LogP contribution in [-0.2, 0) is 14.3 Å². The lowest BCUT2D eigenvalue weighted by Gasteiger charge is -2.41. The first-order chi connectivity index (χ1) is 13.9. The fourth-order valence-electron chi connectivity index (χ4n) is 3.96. The molecule has 2 fully saturated rings. The monoisotopic (exact) mass is 402 g/mol. The van der Waals surface area contributed by atoms with Crippen LogP contribution in [0.25, 0.3) is 0 Å². The van der Waals surface area contributed by atoms with Gasteiger partial charge in [-0.2, -0.15) is 0 Å². The number of amides is 2. The van der Waals surface area contributed by atoms with Crippen LogP contribution in [-0.4, -0.2) is 87.6 Å². The molecule has 29 heavy (non-hydrogen) atoms. The molecule has 0 aromatic heterocycles. The molecule has 2 aliphatic rings. The average molecular weight is 402 g/mol. The first-order valence-electron chi connectivity index (χ1n) is 10.1. The van der Waals surface area contributed by atoms with Gasteiger partial charge in [0.15, 0.2) is 0 Å². The van der Waals surface area contributed by atoms with Crippen molar-refractivity contribution in [3.63, 3.8) is 0 Å². The number of benzene rings is 1. The van der Waals surface area contributed by atoms with Crippen LogP contribution >= 0.6 is 0 Å². The zero-order valence-corrected chi connectivity index (χ0v) is 17.4. The van der Waals surface area contributed by atoms with Crippen LogP contribution < -0.4 is 10.2 Å². The molecule has 8 nitrogen and oxygen atoms in total. The second-order valence-corrected chi connectivity index (χ2v) is 7.79. The van der Waals surface area contributed by atoms with Gasteiger partial charge in [0, 0.05) is 44.4 Å². The Balaban J connectivity index is 1.72. The summed E-state index contributed by atoms with van der Waals surface area (Å²) in [5, 5.41) is 3.25. The van der Waals surface area contributed by atoms with Crippen LogP contribution in [0.3, 0.4) is 0 Å². The summed E-state index contributed by atoms with van der Waals surface area (Å²) in [6.07, 6.45) is 1.54. The number of methoxy groups -OCH3 is 1. The number of ether oxygens (including phenoxy) is 1. The summed E-state index contributed by atoms with van der Waals surface area (Å²) >= 11 is 0. The maximum atomic E-state index is 13.0.